The largest absolute Gasteiger partial charge is 0.392 e. The molecule has 4 nitrogen and oxygen atoms in total. The fourth-order valence-electron chi connectivity index (χ4n) is 3.14. The molecule has 0 aromatic heterocycles. The van der Waals surface area contributed by atoms with Gasteiger partial charge in [0.05, 0.1) is 6.10 Å². The van der Waals surface area contributed by atoms with Crippen LogP contribution in [0.3, 0.4) is 0 Å². The second-order valence-electron chi connectivity index (χ2n) is 6.86. The molecule has 0 radical (unpaired) electrons. The Hall–Kier alpha value is -1.39. The van der Waals surface area contributed by atoms with Crippen LogP contribution < -0.4 is 0 Å². The number of aryl methyl sites for hydroxylation is 1. The molecule has 4 heteroatoms. The van der Waals surface area contributed by atoms with Crippen LogP contribution in [0.4, 0.5) is 0 Å². The van der Waals surface area contributed by atoms with Gasteiger partial charge in [0.15, 0.2) is 0 Å². The minimum atomic E-state index is -0.296. The molecule has 128 valence electrons. The number of hydrogen-bond acceptors (Lipinski definition) is 3. The summed E-state index contributed by atoms with van der Waals surface area (Å²) >= 11 is 0. The first-order chi connectivity index (χ1) is 11.0. The Morgan fingerprint density at radius 3 is 2.39 bits per heavy atom. The number of β-amino-alcohol motifs (C(OH)–C–C–N with tert-alkyl or cyclic N) is 1. The molecule has 1 saturated heterocycles. The number of aliphatic hydroxyl groups is 1. The van der Waals surface area contributed by atoms with E-state index in [-0.39, 0.29) is 12.0 Å². The number of rotatable bonds is 7. The predicted octanol–water partition coefficient (Wildman–Crippen LogP) is 2.17. The van der Waals surface area contributed by atoms with Crippen LogP contribution in [-0.2, 0) is 11.2 Å². The summed E-state index contributed by atoms with van der Waals surface area (Å²) in [7, 11) is 0. The quantitative estimate of drug-likeness (QED) is 0.838. The van der Waals surface area contributed by atoms with E-state index in [0.29, 0.717) is 18.9 Å². The number of piperazine rings is 1. The summed E-state index contributed by atoms with van der Waals surface area (Å²) in [5.41, 5.74) is 1.35. The maximum absolute atomic E-state index is 12.4. The van der Waals surface area contributed by atoms with Crippen molar-refractivity contribution in [3.63, 3.8) is 0 Å². The van der Waals surface area contributed by atoms with E-state index in [1.807, 2.05) is 17.9 Å². The molecule has 2 rings (SSSR count). The molecule has 1 fully saturated rings. The third-order valence-corrected chi connectivity index (χ3v) is 4.54. The van der Waals surface area contributed by atoms with Crippen LogP contribution in [0.1, 0.15) is 32.3 Å². The smallest absolute Gasteiger partial charge is 0.222 e. The zero-order valence-corrected chi connectivity index (χ0v) is 14.4. The van der Waals surface area contributed by atoms with E-state index in [0.717, 1.165) is 39.0 Å². The fraction of sp³-hybridized carbons (Fsp3) is 0.632. The van der Waals surface area contributed by atoms with Gasteiger partial charge in [0.2, 0.25) is 5.91 Å². The second-order valence-corrected chi connectivity index (χ2v) is 6.86. The third kappa shape index (κ3) is 6.32. The molecule has 1 aliphatic rings. The van der Waals surface area contributed by atoms with Gasteiger partial charge >= 0.3 is 0 Å². The molecule has 1 aromatic rings. The van der Waals surface area contributed by atoms with Gasteiger partial charge in [0.25, 0.3) is 0 Å². The molecule has 0 aliphatic carbocycles. The van der Waals surface area contributed by atoms with Crippen molar-refractivity contribution in [1.29, 1.82) is 0 Å². The fourth-order valence-corrected chi connectivity index (χ4v) is 3.14. The highest BCUT2D eigenvalue weighted by Crippen LogP contribution is 2.15. The van der Waals surface area contributed by atoms with E-state index in [2.05, 4.69) is 36.1 Å². The Bertz CT molecular complexity index is 468. The van der Waals surface area contributed by atoms with Crippen molar-refractivity contribution in [3.05, 3.63) is 35.9 Å². The van der Waals surface area contributed by atoms with Crippen molar-refractivity contribution in [3.8, 4) is 0 Å². The van der Waals surface area contributed by atoms with Crippen LogP contribution in [0, 0.1) is 5.92 Å². The van der Waals surface area contributed by atoms with Crippen LogP contribution in [-0.4, -0.2) is 59.6 Å². The molecule has 0 saturated carbocycles. The van der Waals surface area contributed by atoms with Gasteiger partial charge in [-0.1, -0.05) is 37.3 Å². The van der Waals surface area contributed by atoms with Gasteiger partial charge in [-0.25, -0.2) is 0 Å². The summed E-state index contributed by atoms with van der Waals surface area (Å²) in [5.74, 6) is 0.695. The highest BCUT2D eigenvalue weighted by atomic mass is 16.3. The van der Waals surface area contributed by atoms with Crippen molar-refractivity contribution < 1.29 is 9.90 Å². The Labute approximate surface area is 140 Å². The van der Waals surface area contributed by atoms with E-state index in [1.165, 1.54) is 5.56 Å². The first-order valence-corrected chi connectivity index (χ1v) is 8.76. The van der Waals surface area contributed by atoms with Gasteiger partial charge in [-0.2, -0.15) is 0 Å². The third-order valence-electron chi connectivity index (χ3n) is 4.54. The van der Waals surface area contributed by atoms with E-state index in [1.54, 1.807) is 0 Å². The van der Waals surface area contributed by atoms with Crippen molar-refractivity contribution in [1.82, 2.24) is 9.80 Å². The summed E-state index contributed by atoms with van der Waals surface area (Å²) < 4.78 is 0. The number of benzene rings is 1. The normalized spacial score (nSPS) is 18.7. The minimum Gasteiger partial charge on any atom is -0.392 e. The first-order valence-electron chi connectivity index (χ1n) is 8.76. The Kier molecular flexibility index (Phi) is 7.06. The van der Waals surface area contributed by atoms with Gasteiger partial charge in [0, 0.05) is 39.1 Å². The lowest BCUT2D eigenvalue weighted by atomic mass is 9.97. The van der Waals surface area contributed by atoms with Crippen LogP contribution in [0.25, 0.3) is 0 Å². The molecule has 0 bridgehead atoms. The maximum Gasteiger partial charge on any atom is 0.222 e. The van der Waals surface area contributed by atoms with E-state index in [4.69, 9.17) is 0 Å². The van der Waals surface area contributed by atoms with Gasteiger partial charge < -0.3 is 10.0 Å². The molecule has 23 heavy (non-hydrogen) atoms. The molecule has 0 spiro atoms. The van der Waals surface area contributed by atoms with E-state index >= 15 is 0 Å². The molecule has 2 atom stereocenters. The van der Waals surface area contributed by atoms with Gasteiger partial charge in [0.1, 0.15) is 0 Å². The molecular formula is C19H30N2O2. The zero-order chi connectivity index (χ0) is 16.7. The highest BCUT2D eigenvalue weighted by Gasteiger charge is 2.22. The number of aliphatic hydroxyl groups excluding tert-OH is 1. The van der Waals surface area contributed by atoms with E-state index in [9.17, 15) is 9.90 Å². The Morgan fingerprint density at radius 1 is 1.13 bits per heavy atom. The van der Waals surface area contributed by atoms with Crippen molar-refractivity contribution in [2.45, 2.75) is 39.2 Å². The summed E-state index contributed by atoms with van der Waals surface area (Å²) in [4.78, 5) is 16.6. The lowest BCUT2D eigenvalue weighted by Gasteiger charge is -2.35. The topological polar surface area (TPSA) is 43.8 Å². The molecule has 1 aliphatic heterocycles. The van der Waals surface area contributed by atoms with Crippen molar-refractivity contribution in [2.75, 3.05) is 32.7 Å². The lowest BCUT2D eigenvalue weighted by molar-refractivity contribution is -0.134. The van der Waals surface area contributed by atoms with Crippen molar-refractivity contribution in [2.24, 2.45) is 5.92 Å². The van der Waals surface area contributed by atoms with Crippen molar-refractivity contribution >= 4 is 5.91 Å². The molecular weight excluding hydrogens is 288 g/mol. The van der Waals surface area contributed by atoms with Gasteiger partial charge in [-0.15, -0.1) is 0 Å². The molecule has 1 heterocycles. The monoisotopic (exact) mass is 318 g/mol. The Balaban J connectivity index is 1.68. The average Bonchev–Trinajstić information content (AvgIpc) is 2.54. The molecule has 1 amide bonds. The first kappa shape index (κ1) is 18.0. The number of carbonyl (C=O) groups is 1. The van der Waals surface area contributed by atoms with Gasteiger partial charge in [-0.05, 0) is 31.2 Å². The number of amides is 1. The SMILES string of the molecule is C[C@H](CCc1ccccc1)CC(=O)N1CCN(C[C@H](C)O)CC1. The van der Waals surface area contributed by atoms with Gasteiger partial charge in [-0.3, -0.25) is 9.69 Å². The predicted molar refractivity (Wildman–Crippen MR) is 93.2 cm³/mol. The summed E-state index contributed by atoms with van der Waals surface area (Å²) in [6, 6.07) is 10.5. The molecule has 0 unspecified atom stereocenters. The van der Waals surface area contributed by atoms with Crippen LogP contribution >= 0.6 is 0 Å². The van der Waals surface area contributed by atoms with Crippen LogP contribution in [0.5, 0.6) is 0 Å². The average molecular weight is 318 g/mol. The summed E-state index contributed by atoms with van der Waals surface area (Å²) in [6.45, 7) is 8.00. The van der Waals surface area contributed by atoms with Crippen LogP contribution in [0.15, 0.2) is 30.3 Å². The van der Waals surface area contributed by atoms with E-state index < -0.39 is 0 Å². The zero-order valence-electron chi connectivity index (χ0n) is 14.4. The minimum absolute atomic E-state index is 0.280. The second kappa shape index (κ2) is 9.04. The summed E-state index contributed by atoms with van der Waals surface area (Å²) in [6.07, 6.45) is 2.44. The Morgan fingerprint density at radius 2 is 1.78 bits per heavy atom. The number of carbonyl (C=O) groups excluding carboxylic acids is 1. The van der Waals surface area contributed by atoms with Crippen LogP contribution in [0.2, 0.25) is 0 Å². The molecule has 1 N–H and O–H groups in total. The number of hydrogen-bond donors (Lipinski definition) is 1. The lowest BCUT2D eigenvalue weighted by Crippen LogP contribution is -2.50. The highest BCUT2D eigenvalue weighted by molar-refractivity contribution is 5.76. The summed E-state index contributed by atoms with van der Waals surface area (Å²) in [5, 5.41) is 9.43. The standard InChI is InChI=1S/C19H30N2O2/c1-16(8-9-18-6-4-3-5-7-18)14-19(23)21-12-10-20(11-13-21)15-17(2)22/h3-7,16-17,22H,8-15H2,1-2H3/t16-,17+/m1/s1. The molecule has 1 aromatic carbocycles. The maximum atomic E-state index is 12.4. The number of nitrogens with zero attached hydrogens (tertiary/aromatic N) is 2.